The second kappa shape index (κ2) is 5.58. The fourth-order valence-corrected chi connectivity index (χ4v) is 1.97. The normalized spacial score (nSPS) is 22.7. The van der Waals surface area contributed by atoms with Gasteiger partial charge in [0.25, 0.3) is 0 Å². The van der Waals surface area contributed by atoms with Gasteiger partial charge in [0.05, 0.1) is 18.8 Å². The molecule has 4 nitrogen and oxygen atoms in total. The Morgan fingerprint density at radius 1 is 1.44 bits per heavy atom. The number of amides is 1. The Bertz CT molecular complexity index is 458. The summed E-state index contributed by atoms with van der Waals surface area (Å²) in [5.74, 6) is 0.850. The first-order valence-corrected chi connectivity index (χ1v) is 6.07. The van der Waals surface area contributed by atoms with Crippen LogP contribution in [-0.4, -0.2) is 13.0 Å². The molecule has 4 heteroatoms. The Morgan fingerprint density at radius 3 is 2.83 bits per heavy atom. The smallest absolute Gasteiger partial charge is 0.231 e. The average molecular weight is 246 g/mol. The minimum atomic E-state index is -0.119. The van der Waals surface area contributed by atoms with E-state index in [-0.39, 0.29) is 11.8 Å². The van der Waals surface area contributed by atoms with Gasteiger partial charge >= 0.3 is 0 Å². The van der Waals surface area contributed by atoms with Gasteiger partial charge in [0, 0.05) is 17.8 Å². The summed E-state index contributed by atoms with van der Waals surface area (Å²) in [7, 11) is 1.66. The standard InChI is InChI=1S/C14H18N2O2/c1-18-13-8-6-12(7-9-13)16-14(17)10-2-4-11(15)5-3-10/h2,4-6,8,10H,3,7,9,15H2,1H3,(H,16,17). The lowest BCUT2D eigenvalue weighted by Gasteiger charge is -2.18. The summed E-state index contributed by atoms with van der Waals surface area (Å²) in [5.41, 5.74) is 7.29. The first-order valence-electron chi connectivity index (χ1n) is 6.07. The molecule has 0 fully saturated rings. The number of hydrogen-bond acceptors (Lipinski definition) is 3. The number of nitrogens with one attached hydrogen (secondary N) is 1. The molecule has 0 radical (unpaired) electrons. The highest BCUT2D eigenvalue weighted by atomic mass is 16.5. The molecule has 0 bridgehead atoms. The number of methoxy groups -OCH3 is 1. The van der Waals surface area contributed by atoms with Crippen molar-refractivity contribution in [3.8, 4) is 0 Å². The van der Waals surface area contributed by atoms with Crippen LogP contribution in [0.5, 0.6) is 0 Å². The van der Waals surface area contributed by atoms with Gasteiger partial charge in [-0.05, 0) is 31.1 Å². The fourth-order valence-electron chi connectivity index (χ4n) is 1.97. The van der Waals surface area contributed by atoms with Gasteiger partial charge in [0.15, 0.2) is 0 Å². The van der Waals surface area contributed by atoms with Gasteiger partial charge in [-0.1, -0.05) is 12.2 Å². The number of carbonyl (C=O) groups is 1. The van der Waals surface area contributed by atoms with Crippen LogP contribution in [0.1, 0.15) is 19.3 Å². The highest BCUT2D eigenvalue weighted by Gasteiger charge is 2.18. The summed E-state index contributed by atoms with van der Waals surface area (Å²) >= 11 is 0. The molecule has 3 N–H and O–H groups in total. The van der Waals surface area contributed by atoms with Crippen LogP contribution in [0.25, 0.3) is 0 Å². The monoisotopic (exact) mass is 246 g/mol. The van der Waals surface area contributed by atoms with Gasteiger partial charge in [0.1, 0.15) is 0 Å². The van der Waals surface area contributed by atoms with E-state index in [0.717, 1.165) is 30.0 Å². The summed E-state index contributed by atoms with van der Waals surface area (Å²) in [6, 6.07) is 0. The molecule has 96 valence electrons. The molecule has 0 aromatic carbocycles. The number of carbonyl (C=O) groups excluding carboxylic acids is 1. The molecule has 18 heavy (non-hydrogen) atoms. The van der Waals surface area contributed by atoms with Crippen molar-refractivity contribution in [1.29, 1.82) is 0 Å². The van der Waals surface area contributed by atoms with Crippen molar-refractivity contribution >= 4 is 5.91 Å². The van der Waals surface area contributed by atoms with Gasteiger partial charge < -0.3 is 15.8 Å². The quantitative estimate of drug-likeness (QED) is 0.797. The Kier molecular flexibility index (Phi) is 3.87. The lowest BCUT2D eigenvalue weighted by molar-refractivity contribution is -0.122. The third-order valence-corrected chi connectivity index (χ3v) is 3.12. The summed E-state index contributed by atoms with van der Waals surface area (Å²) in [4.78, 5) is 12.0. The third kappa shape index (κ3) is 3.03. The van der Waals surface area contributed by atoms with Crippen LogP contribution < -0.4 is 11.1 Å². The van der Waals surface area contributed by atoms with E-state index >= 15 is 0 Å². The zero-order valence-corrected chi connectivity index (χ0v) is 10.5. The zero-order chi connectivity index (χ0) is 13.0. The predicted molar refractivity (Wildman–Crippen MR) is 70.1 cm³/mol. The molecular formula is C14H18N2O2. The second-order valence-electron chi connectivity index (χ2n) is 4.42. The van der Waals surface area contributed by atoms with Gasteiger partial charge in [-0.3, -0.25) is 4.79 Å². The maximum absolute atomic E-state index is 12.0. The maximum Gasteiger partial charge on any atom is 0.231 e. The van der Waals surface area contributed by atoms with E-state index in [4.69, 9.17) is 10.5 Å². The van der Waals surface area contributed by atoms with Gasteiger partial charge in [-0.25, -0.2) is 0 Å². The van der Waals surface area contributed by atoms with Crippen molar-refractivity contribution < 1.29 is 9.53 Å². The van der Waals surface area contributed by atoms with E-state index in [0.29, 0.717) is 6.42 Å². The lowest BCUT2D eigenvalue weighted by Crippen LogP contribution is -2.30. The molecule has 0 saturated carbocycles. The molecule has 0 aromatic rings. The molecule has 1 atom stereocenters. The van der Waals surface area contributed by atoms with Crippen LogP contribution in [-0.2, 0) is 9.53 Å². The molecule has 0 saturated heterocycles. The van der Waals surface area contributed by atoms with Gasteiger partial charge in [-0.15, -0.1) is 0 Å². The van der Waals surface area contributed by atoms with Crippen LogP contribution in [0.2, 0.25) is 0 Å². The molecule has 0 heterocycles. The number of ether oxygens (including phenoxy) is 1. The fraction of sp³-hybridized carbons (Fsp3) is 0.357. The second-order valence-corrected chi connectivity index (χ2v) is 4.42. The first-order chi connectivity index (χ1) is 8.69. The molecule has 1 unspecified atom stereocenters. The van der Waals surface area contributed by atoms with Crippen molar-refractivity contribution in [1.82, 2.24) is 5.32 Å². The van der Waals surface area contributed by atoms with Gasteiger partial charge in [-0.2, -0.15) is 0 Å². The van der Waals surface area contributed by atoms with Crippen molar-refractivity contribution in [2.45, 2.75) is 19.3 Å². The molecular weight excluding hydrogens is 228 g/mol. The van der Waals surface area contributed by atoms with Crippen molar-refractivity contribution in [2.75, 3.05) is 7.11 Å². The summed E-state index contributed by atoms with van der Waals surface area (Å²) in [6.07, 6.45) is 11.6. The summed E-state index contributed by atoms with van der Waals surface area (Å²) < 4.78 is 5.14. The average Bonchev–Trinajstić information content (AvgIpc) is 2.40. The number of hydrogen-bond donors (Lipinski definition) is 2. The minimum Gasteiger partial charge on any atom is -0.501 e. The van der Waals surface area contributed by atoms with E-state index in [1.54, 1.807) is 13.2 Å². The Balaban J connectivity index is 1.91. The lowest BCUT2D eigenvalue weighted by atomic mass is 9.98. The largest absolute Gasteiger partial charge is 0.501 e. The number of nitrogens with two attached hydrogens (primary N) is 1. The molecule has 0 spiro atoms. The highest BCUT2D eigenvalue weighted by Crippen LogP contribution is 2.19. The predicted octanol–water partition coefficient (Wildman–Crippen LogP) is 1.73. The SMILES string of the molecule is COC1=CC=C(NC(=O)C2C=CC(N)=CC2)CC1. The van der Waals surface area contributed by atoms with Crippen LogP contribution in [0.3, 0.4) is 0 Å². The number of allylic oxidation sites excluding steroid dienone is 6. The molecule has 0 aromatic heterocycles. The van der Waals surface area contributed by atoms with Crippen LogP contribution in [0.4, 0.5) is 0 Å². The first kappa shape index (κ1) is 12.5. The minimum absolute atomic E-state index is 0.0236. The van der Waals surface area contributed by atoms with Crippen molar-refractivity contribution in [3.05, 3.63) is 47.5 Å². The zero-order valence-electron chi connectivity index (χ0n) is 10.5. The van der Waals surface area contributed by atoms with E-state index < -0.39 is 0 Å². The molecule has 2 rings (SSSR count). The Hall–Kier alpha value is -1.97. The molecule has 2 aliphatic rings. The topological polar surface area (TPSA) is 64.3 Å². The maximum atomic E-state index is 12.0. The van der Waals surface area contributed by atoms with Crippen LogP contribution in [0, 0.1) is 5.92 Å². The number of rotatable bonds is 3. The molecule has 0 aliphatic heterocycles. The van der Waals surface area contributed by atoms with Crippen molar-refractivity contribution in [3.63, 3.8) is 0 Å². The van der Waals surface area contributed by atoms with Crippen LogP contribution >= 0.6 is 0 Å². The van der Waals surface area contributed by atoms with Gasteiger partial charge in [0.2, 0.25) is 5.91 Å². The van der Waals surface area contributed by atoms with E-state index in [1.807, 2.05) is 24.3 Å². The Labute approximate surface area is 107 Å². The van der Waals surface area contributed by atoms with Crippen LogP contribution in [0.15, 0.2) is 47.5 Å². The highest BCUT2D eigenvalue weighted by molar-refractivity contribution is 5.82. The summed E-state index contributed by atoms with van der Waals surface area (Å²) in [6.45, 7) is 0. The van der Waals surface area contributed by atoms with Crippen molar-refractivity contribution in [2.24, 2.45) is 11.7 Å². The van der Waals surface area contributed by atoms with E-state index in [2.05, 4.69) is 5.32 Å². The third-order valence-electron chi connectivity index (χ3n) is 3.12. The Morgan fingerprint density at radius 2 is 2.28 bits per heavy atom. The van der Waals surface area contributed by atoms with E-state index in [9.17, 15) is 4.79 Å². The van der Waals surface area contributed by atoms with E-state index in [1.165, 1.54) is 0 Å². The molecule has 2 aliphatic carbocycles. The summed E-state index contributed by atoms with van der Waals surface area (Å²) in [5, 5.41) is 2.95. The molecule has 1 amide bonds.